The van der Waals surface area contributed by atoms with Crippen molar-refractivity contribution < 1.29 is 38.0 Å². The van der Waals surface area contributed by atoms with Crippen molar-refractivity contribution in [2.24, 2.45) is 0 Å². The molecule has 4 aromatic rings. The number of benzene rings is 2. The molecule has 2 aromatic carbocycles. The highest BCUT2D eigenvalue weighted by Crippen LogP contribution is 2.30. The second-order valence-corrected chi connectivity index (χ2v) is 9.23. The minimum Gasteiger partial charge on any atom is -0.480 e. The number of carbonyl (C=O) groups is 2. The zero-order valence-corrected chi connectivity index (χ0v) is 20.9. The van der Waals surface area contributed by atoms with Gasteiger partial charge in [0.25, 0.3) is 11.8 Å². The normalized spacial score (nSPS) is 14.4. The van der Waals surface area contributed by atoms with Crippen LogP contribution < -0.4 is 20.1 Å². The predicted octanol–water partition coefficient (Wildman–Crippen LogP) is 5.05. The summed E-state index contributed by atoms with van der Waals surface area (Å²) < 4.78 is 68.8. The molecule has 1 aliphatic rings. The maximum Gasteiger partial charge on any atom is 0.573 e. The lowest BCUT2D eigenvalue weighted by Gasteiger charge is -2.18. The average molecular weight is 559 g/mol. The Morgan fingerprint density at radius 1 is 1.12 bits per heavy atom. The van der Waals surface area contributed by atoms with Gasteiger partial charge in [0, 0.05) is 28.8 Å². The standard InChI is InChI=1S/C27H23F4N5O4/c1-13(19-11-17(6-8-21(19)28)40-27(29,30)31)33-24(37)20-9-15(12-32-26(20)39-2)14-3-7-18-22(10-14)35-36-23(18)25(38)34-16-4-5-16/h3,6-13,16H,4-5H2,1-2H3,(H,33,37)(H,34,38)(H,35,36)/t13-/m1/s1/i2D. The Morgan fingerprint density at radius 3 is 2.65 bits per heavy atom. The Balaban J connectivity index is 1.40. The number of ether oxygens (including phenoxy) is 2. The number of methoxy groups -OCH3 is 1. The molecule has 13 heteroatoms. The van der Waals surface area contributed by atoms with E-state index in [1.165, 1.54) is 19.2 Å². The van der Waals surface area contributed by atoms with Crippen LogP contribution in [0.4, 0.5) is 17.6 Å². The molecule has 5 rings (SSSR count). The van der Waals surface area contributed by atoms with Gasteiger partial charge < -0.3 is 20.1 Å². The molecule has 9 nitrogen and oxygen atoms in total. The Bertz CT molecular complexity index is 1620. The van der Waals surface area contributed by atoms with Crippen molar-refractivity contribution in [3.63, 3.8) is 0 Å². The van der Waals surface area contributed by atoms with E-state index in [1.807, 2.05) is 0 Å². The third-order valence-electron chi connectivity index (χ3n) is 6.27. The number of aromatic amines is 1. The van der Waals surface area contributed by atoms with Crippen molar-refractivity contribution in [2.45, 2.75) is 38.2 Å². The third kappa shape index (κ3) is 5.82. The first kappa shape index (κ1) is 25.6. The van der Waals surface area contributed by atoms with Crippen LogP contribution >= 0.6 is 0 Å². The number of H-pyrrole nitrogens is 1. The highest BCUT2D eigenvalue weighted by atomic mass is 19.4. The van der Waals surface area contributed by atoms with E-state index in [0.29, 0.717) is 22.0 Å². The van der Waals surface area contributed by atoms with Crippen LogP contribution in [0, 0.1) is 5.82 Å². The monoisotopic (exact) mass is 558 g/mol. The van der Waals surface area contributed by atoms with E-state index in [1.54, 1.807) is 18.2 Å². The third-order valence-corrected chi connectivity index (χ3v) is 6.27. The number of hydrogen-bond acceptors (Lipinski definition) is 6. The van der Waals surface area contributed by atoms with Crippen LogP contribution in [0.5, 0.6) is 11.6 Å². The van der Waals surface area contributed by atoms with E-state index in [-0.39, 0.29) is 34.6 Å². The van der Waals surface area contributed by atoms with E-state index in [2.05, 4.69) is 30.6 Å². The lowest BCUT2D eigenvalue weighted by molar-refractivity contribution is -0.274. The van der Waals surface area contributed by atoms with Crippen LogP contribution in [0.1, 0.15) is 53.6 Å². The molecule has 2 aromatic heterocycles. The Morgan fingerprint density at radius 2 is 1.93 bits per heavy atom. The van der Waals surface area contributed by atoms with Crippen molar-refractivity contribution in [1.29, 1.82) is 0 Å². The van der Waals surface area contributed by atoms with E-state index in [9.17, 15) is 27.2 Å². The molecule has 1 aliphatic carbocycles. The molecule has 0 unspecified atom stereocenters. The van der Waals surface area contributed by atoms with Crippen LogP contribution in [0.3, 0.4) is 0 Å². The van der Waals surface area contributed by atoms with E-state index in [0.717, 1.165) is 31.0 Å². The number of aromatic nitrogens is 3. The number of nitrogens with one attached hydrogen (secondary N) is 3. The molecule has 0 saturated heterocycles. The quantitative estimate of drug-likeness (QED) is 0.261. The first-order chi connectivity index (χ1) is 19.5. The fourth-order valence-electron chi connectivity index (χ4n) is 4.14. The molecule has 40 heavy (non-hydrogen) atoms. The maximum atomic E-state index is 14.5. The van der Waals surface area contributed by atoms with E-state index < -0.39 is 37.0 Å². The van der Waals surface area contributed by atoms with Crippen molar-refractivity contribution in [2.75, 3.05) is 7.09 Å². The largest absolute Gasteiger partial charge is 0.573 e. The van der Waals surface area contributed by atoms with Crippen LogP contribution in [0.15, 0.2) is 48.7 Å². The smallest absolute Gasteiger partial charge is 0.480 e. The maximum absolute atomic E-state index is 14.5. The highest BCUT2D eigenvalue weighted by molar-refractivity contribution is 6.05. The van der Waals surface area contributed by atoms with Gasteiger partial charge in [-0.3, -0.25) is 14.7 Å². The van der Waals surface area contributed by atoms with Gasteiger partial charge in [0.05, 0.1) is 20.0 Å². The SMILES string of the molecule is [2H]COc1ncc(-c2ccc3c(C(=O)NC4CC4)n[nH]c3c2)cc1C(=O)N[C@H](C)c1cc(OC(F)(F)F)ccc1F. The molecule has 3 N–H and O–H groups in total. The summed E-state index contributed by atoms with van der Waals surface area (Å²) in [6.45, 7) is 1.39. The van der Waals surface area contributed by atoms with Gasteiger partial charge >= 0.3 is 6.36 Å². The second kappa shape index (κ2) is 10.5. The molecule has 0 spiro atoms. The lowest BCUT2D eigenvalue weighted by atomic mass is 10.0. The molecular weight excluding hydrogens is 534 g/mol. The number of pyridine rings is 1. The van der Waals surface area contributed by atoms with Crippen molar-refractivity contribution in [1.82, 2.24) is 25.8 Å². The molecular formula is C27H23F4N5O4. The van der Waals surface area contributed by atoms with E-state index >= 15 is 0 Å². The van der Waals surface area contributed by atoms with Crippen molar-refractivity contribution in [3.8, 4) is 22.8 Å². The molecule has 1 fully saturated rings. The average Bonchev–Trinajstić information content (AvgIpc) is 3.63. The minimum absolute atomic E-state index is 0.0843. The Hall–Kier alpha value is -4.68. The molecule has 1 atom stereocenters. The fourth-order valence-corrected chi connectivity index (χ4v) is 4.14. The molecule has 1 saturated carbocycles. The number of amides is 2. The van der Waals surface area contributed by atoms with Crippen molar-refractivity contribution >= 4 is 22.7 Å². The van der Waals surface area contributed by atoms with Crippen LogP contribution in [-0.2, 0) is 0 Å². The van der Waals surface area contributed by atoms with Gasteiger partial charge in [-0.05, 0) is 61.7 Å². The summed E-state index contributed by atoms with van der Waals surface area (Å²) in [4.78, 5) is 29.9. The topological polar surface area (TPSA) is 118 Å². The number of nitrogens with zero attached hydrogens (tertiary/aromatic N) is 2. The number of rotatable bonds is 8. The lowest BCUT2D eigenvalue weighted by Crippen LogP contribution is -2.28. The van der Waals surface area contributed by atoms with Gasteiger partial charge in [-0.25, -0.2) is 9.37 Å². The van der Waals surface area contributed by atoms with Crippen LogP contribution in [0.25, 0.3) is 22.0 Å². The van der Waals surface area contributed by atoms with Gasteiger partial charge in [0.15, 0.2) is 5.69 Å². The van der Waals surface area contributed by atoms with Gasteiger partial charge in [0.2, 0.25) is 5.88 Å². The summed E-state index contributed by atoms with van der Waals surface area (Å²) in [5, 5.41) is 13.0. The first-order valence-electron chi connectivity index (χ1n) is 12.8. The highest BCUT2D eigenvalue weighted by Gasteiger charge is 2.32. The molecule has 0 radical (unpaired) electrons. The number of carbonyl (C=O) groups excluding carboxylic acids is 2. The van der Waals surface area contributed by atoms with Crippen molar-refractivity contribution in [3.05, 3.63) is 71.3 Å². The summed E-state index contributed by atoms with van der Waals surface area (Å²) in [7, 11) is -0.542. The molecule has 0 aliphatic heterocycles. The zero-order chi connectivity index (χ0) is 29.3. The molecule has 2 amide bonds. The summed E-state index contributed by atoms with van der Waals surface area (Å²) in [5.41, 5.74) is 1.61. The number of halogens is 4. The first-order valence-corrected chi connectivity index (χ1v) is 12.1. The summed E-state index contributed by atoms with van der Waals surface area (Å²) in [5.74, 6) is -2.69. The molecule has 208 valence electrons. The minimum atomic E-state index is -4.97. The Labute approximate surface area is 226 Å². The van der Waals surface area contributed by atoms with Crippen LogP contribution in [-0.4, -0.2) is 46.5 Å². The summed E-state index contributed by atoms with van der Waals surface area (Å²) in [6, 6.07) is 8.20. The van der Waals surface area contributed by atoms with Gasteiger partial charge in [-0.15, -0.1) is 13.2 Å². The number of fused-ring (bicyclic) bond motifs is 1. The van der Waals surface area contributed by atoms with Gasteiger partial charge in [0.1, 0.15) is 17.1 Å². The van der Waals surface area contributed by atoms with Gasteiger partial charge in [-0.2, -0.15) is 5.10 Å². The number of alkyl halides is 3. The second-order valence-electron chi connectivity index (χ2n) is 9.23. The summed E-state index contributed by atoms with van der Waals surface area (Å²) in [6.07, 6.45) is -1.66. The summed E-state index contributed by atoms with van der Waals surface area (Å²) >= 11 is 0. The Kier molecular flexibility index (Phi) is 6.70. The van der Waals surface area contributed by atoms with E-state index in [4.69, 9.17) is 6.11 Å². The predicted molar refractivity (Wildman–Crippen MR) is 135 cm³/mol. The zero-order valence-electron chi connectivity index (χ0n) is 21.9. The molecule has 2 heterocycles. The van der Waals surface area contributed by atoms with Crippen LogP contribution in [0.2, 0.25) is 0 Å². The molecule has 0 bridgehead atoms. The number of hydrogen-bond donors (Lipinski definition) is 3. The van der Waals surface area contributed by atoms with Gasteiger partial charge in [-0.1, -0.05) is 6.07 Å². The fraction of sp³-hybridized carbons (Fsp3) is 0.259.